The van der Waals surface area contributed by atoms with E-state index in [1.54, 1.807) is 18.2 Å². The Kier molecular flexibility index (Phi) is 4.66. The summed E-state index contributed by atoms with van der Waals surface area (Å²) in [6.07, 6.45) is 2.68. The summed E-state index contributed by atoms with van der Waals surface area (Å²) in [7, 11) is 0. The van der Waals surface area contributed by atoms with Crippen LogP contribution < -0.4 is 5.32 Å². The molecule has 1 amide bonds. The van der Waals surface area contributed by atoms with Gasteiger partial charge in [-0.3, -0.25) is 9.48 Å². The molecule has 0 radical (unpaired) electrons. The van der Waals surface area contributed by atoms with Crippen molar-refractivity contribution >= 4 is 29.1 Å². The van der Waals surface area contributed by atoms with Crippen LogP contribution in [0.25, 0.3) is 0 Å². The number of aromatic nitrogens is 2. The zero-order valence-electron chi connectivity index (χ0n) is 11.8. The van der Waals surface area contributed by atoms with Crippen LogP contribution in [0.15, 0.2) is 24.4 Å². The van der Waals surface area contributed by atoms with Gasteiger partial charge in [-0.2, -0.15) is 5.10 Å². The summed E-state index contributed by atoms with van der Waals surface area (Å²) in [4.78, 5) is 12.1. The van der Waals surface area contributed by atoms with E-state index in [-0.39, 0.29) is 5.91 Å². The highest BCUT2D eigenvalue weighted by atomic mass is 35.5. The highest BCUT2D eigenvalue weighted by molar-refractivity contribution is 6.35. The first-order chi connectivity index (χ1) is 10.6. The van der Waals surface area contributed by atoms with Crippen molar-refractivity contribution in [2.24, 2.45) is 0 Å². The third-order valence-corrected chi connectivity index (χ3v) is 3.95. The first kappa shape index (κ1) is 15.3. The number of halogens is 2. The SMILES string of the molecule is O=C(NCCn1ncc2c1CCOC2)c1cc(Cl)cc(Cl)c1. The van der Waals surface area contributed by atoms with Crippen molar-refractivity contribution in [3.63, 3.8) is 0 Å². The molecule has 0 spiro atoms. The number of fused-ring (bicyclic) bond motifs is 1. The molecular formula is C15H15Cl2N3O2. The van der Waals surface area contributed by atoms with Crippen LogP contribution in [0.5, 0.6) is 0 Å². The third-order valence-electron chi connectivity index (χ3n) is 3.51. The van der Waals surface area contributed by atoms with E-state index in [1.807, 2.05) is 10.9 Å². The Hall–Kier alpha value is -1.56. The minimum absolute atomic E-state index is 0.200. The van der Waals surface area contributed by atoms with Gasteiger partial charge in [-0.05, 0) is 18.2 Å². The van der Waals surface area contributed by atoms with Gasteiger partial charge in [-0.15, -0.1) is 0 Å². The van der Waals surface area contributed by atoms with Gasteiger partial charge in [-0.25, -0.2) is 0 Å². The zero-order valence-corrected chi connectivity index (χ0v) is 13.3. The van der Waals surface area contributed by atoms with E-state index in [9.17, 15) is 4.79 Å². The van der Waals surface area contributed by atoms with Crippen LogP contribution in [-0.4, -0.2) is 28.8 Å². The number of nitrogens with zero attached hydrogens (tertiary/aromatic N) is 2. The lowest BCUT2D eigenvalue weighted by Gasteiger charge is -2.14. The Labute approximate surface area is 138 Å². The first-order valence-corrected chi connectivity index (χ1v) is 7.74. The maximum atomic E-state index is 12.1. The molecule has 0 bridgehead atoms. The van der Waals surface area contributed by atoms with Crippen LogP contribution in [0, 0.1) is 0 Å². The van der Waals surface area contributed by atoms with Gasteiger partial charge in [0.05, 0.1) is 26.0 Å². The highest BCUT2D eigenvalue weighted by Gasteiger charge is 2.15. The van der Waals surface area contributed by atoms with E-state index in [4.69, 9.17) is 27.9 Å². The molecule has 0 aliphatic carbocycles. The molecule has 2 aromatic rings. The summed E-state index contributed by atoms with van der Waals surface area (Å²) in [6, 6.07) is 4.78. The molecular weight excluding hydrogens is 325 g/mol. The topological polar surface area (TPSA) is 56.2 Å². The van der Waals surface area contributed by atoms with Crippen molar-refractivity contribution in [3.05, 3.63) is 51.3 Å². The first-order valence-electron chi connectivity index (χ1n) is 6.99. The second-order valence-corrected chi connectivity index (χ2v) is 5.93. The average Bonchev–Trinajstić information content (AvgIpc) is 2.90. The molecule has 5 nitrogen and oxygen atoms in total. The highest BCUT2D eigenvalue weighted by Crippen LogP contribution is 2.19. The van der Waals surface area contributed by atoms with Crippen LogP contribution in [-0.2, 0) is 24.3 Å². The van der Waals surface area contributed by atoms with Crippen molar-refractivity contribution in [1.29, 1.82) is 0 Å². The largest absolute Gasteiger partial charge is 0.376 e. The number of ether oxygens (including phenoxy) is 1. The van der Waals surface area contributed by atoms with Crippen LogP contribution in [0.3, 0.4) is 0 Å². The molecule has 1 N–H and O–H groups in total. The molecule has 0 atom stereocenters. The van der Waals surface area contributed by atoms with Crippen LogP contribution >= 0.6 is 23.2 Å². The zero-order chi connectivity index (χ0) is 15.5. The summed E-state index contributed by atoms with van der Waals surface area (Å²) < 4.78 is 7.30. The molecule has 1 aromatic heterocycles. The minimum Gasteiger partial charge on any atom is -0.376 e. The van der Waals surface area contributed by atoms with Crippen molar-refractivity contribution in [3.8, 4) is 0 Å². The number of rotatable bonds is 4. The third kappa shape index (κ3) is 3.43. The quantitative estimate of drug-likeness (QED) is 0.931. The molecule has 7 heteroatoms. The minimum atomic E-state index is -0.200. The Morgan fingerprint density at radius 2 is 2.09 bits per heavy atom. The van der Waals surface area contributed by atoms with E-state index in [1.165, 1.54) is 5.69 Å². The van der Waals surface area contributed by atoms with Gasteiger partial charge in [0.25, 0.3) is 5.91 Å². The number of amides is 1. The van der Waals surface area contributed by atoms with E-state index in [2.05, 4.69) is 10.4 Å². The number of carbonyl (C=O) groups excluding carboxylic acids is 1. The number of carbonyl (C=O) groups is 1. The summed E-state index contributed by atoms with van der Waals surface area (Å²) in [6.45, 7) is 2.43. The average molecular weight is 340 g/mol. The van der Waals surface area contributed by atoms with Gasteiger partial charge in [0, 0.05) is 39.8 Å². The fourth-order valence-electron chi connectivity index (χ4n) is 2.47. The smallest absolute Gasteiger partial charge is 0.251 e. The van der Waals surface area contributed by atoms with Crippen molar-refractivity contribution < 1.29 is 9.53 Å². The van der Waals surface area contributed by atoms with Crippen molar-refractivity contribution in [2.75, 3.05) is 13.2 Å². The normalized spacial score (nSPS) is 13.7. The number of benzene rings is 1. The second-order valence-electron chi connectivity index (χ2n) is 5.06. The van der Waals surface area contributed by atoms with Crippen LogP contribution in [0.2, 0.25) is 10.0 Å². The lowest BCUT2D eigenvalue weighted by molar-refractivity contribution is 0.0950. The predicted molar refractivity (Wildman–Crippen MR) is 84.4 cm³/mol. The van der Waals surface area contributed by atoms with Gasteiger partial charge in [0.15, 0.2) is 0 Å². The molecule has 0 fully saturated rings. The lowest BCUT2D eigenvalue weighted by Crippen LogP contribution is -2.28. The molecule has 2 heterocycles. The van der Waals surface area contributed by atoms with Gasteiger partial charge < -0.3 is 10.1 Å². The number of nitrogens with one attached hydrogen (secondary N) is 1. The molecule has 1 aromatic carbocycles. The number of hydrogen-bond acceptors (Lipinski definition) is 3. The van der Waals surface area contributed by atoms with E-state index >= 15 is 0 Å². The Morgan fingerprint density at radius 1 is 1.32 bits per heavy atom. The molecule has 1 aliphatic heterocycles. The molecule has 1 aliphatic rings. The Balaban J connectivity index is 1.59. The molecule has 116 valence electrons. The lowest BCUT2D eigenvalue weighted by atomic mass is 10.2. The fraction of sp³-hybridized carbons (Fsp3) is 0.333. The van der Waals surface area contributed by atoms with Crippen molar-refractivity contribution in [2.45, 2.75) is 19.6 Å². The van der Waals surface area contributed by atoms with E-state index < -0.39 is 0 Å². The summed E-state index contributed by atoms with van der Waals surface area (Å²) in [5.41, 5.74) is 2.76. The van der Waals surface area contributed by atoms with Crippen LogP contribution in [0.1, 0.15) is 21.6 Å². The molecule has 3 rings (SSSR count). The number of hydrogen-bond donors (Lipinski definition) is 1. The molecule has 0 saturated heterocycles. The summed E-state index contributed by atoms with van der Waals surface area (Å²) >= 11 is 11.8. The predicted octanol–water partition coefficient (Wildman–Crippen LogP) is 2.69. The fourth-order valence-corrected chi connectivity index (χ4v) is 2.99. The molecule has 0 unspecified atom stereocenters. The van der Waals surface area contributed by atoms with Crippen LogP contribution in [0.4, 0.5) is 0 Å². The van der Waals surface area contributed by atoms with E-state index in [0.29, 0.717) is 41.9 Å². The summed E-state index contributed by atoms with van der Waals surface area (Å²) in [5, 5.41) is 8.08. The molecule has 22 heavy (non-hydrogen) atoms. The van der Waals surface area contributed by atoms with Gasteiger partial charge >= 0.3 is 0 Å². The monoisotopic (exact) mass is 339 g/mol. The molecule has 0 saturated carbocycles. The van der Waals surface area contributed by atoms with E-state index in [0.717, 1.165) is 12.0 Å². The Morgan fingerprint density at radius 3 is 2.86 bits per heavy atom. The van der Waals surface area contributed by atoms with Gasteiger partial charge in [-0.1, -0.05) is 23.2 Å². The van der Waals surface area contributed by atoms with Gasteiger partial charge in [0.1, 0.15) is 0 Å². The Bertz CT molecular complexity index is 680. The maximum absolute atomic E-state index is 12.1. The van der Waals surface area contributed by atoms with Gasteiger partial charge in [0.2, 0.25) is 0 Å². The maximum Gasteiger partial charge on any atom is 0.251 e. The summed E-state index contributed by atoms with van der Waals surface area (Å²) in [5.74, 6) is -0.200. The standard InChI is InChI=1S/C15H15Cl2N3O2/c16-12-5-10(6-13(17)7-12)15(21)18-2-3-20-14-1-4-22-9-11(14)8-19-20/h5-8H,1-4,9H2,(H,18,21). The van der Waals surface area contributed by atoms with Crippen molar-refractivity contribution in [1.82, 2.24) is 15.1 Å². The second kappa shape index (κ2) is 6.69.